The molecular formula is C3H7IN2O. The first-order chi connectivity index (χ1) is 3.18. The molecule has 0 saturated heterocycles. The summed E-state index contributed by atoms with van der Waals surface area (Å²) in [7, 11) is 1.48. The van der Waals surface area contributed by atoms with Crippen LogP contribution in [0.3, 0.4) is 0 Å². The highest BCUT2D eigenvalue weighted by Gasteiger charge is 1.88. The molecule has 0 spiro atoms. The molecule has 0 aromatic carbocycles. The second kappa shape index (κ2) is 3.23. The maximum Gasteiger partial charge on any atom is 0.182 e. The molecule has 3 nitrogen and oxygen atoms in total. The van der Waals surface area contributed by atoms with Gasteiger partial charge in [0.25, 0.3) is 0 Å². The Balaban J connectivity index is 3.56. The van der Waals surface area contributed by atoms with Crippen LogP contribution in [-0.4, -0.2) is 7.05 Å². The number of hydrogen-bond acceptors (Lipinski definition) is 2. The van der Waals surface area contributed by atoms with E-state index in [4.69, 9.17) is 5.73 Å². The standard InChI is InChI=1S/C3H7IN2O/c1-6(7)3(4)2-5/h2,6H,5H2,1H3/b3-2+. The third kappa shape index (κ3) is 2.84. The van der Waals surface area contributed by atoms with Gasteiger partial charge in [-0.2, -0.15) is 0 Å². The van der Waals surface area contributed by atoms with Gasteiger partial charge in [0.2, 0.25) is 0 Å². The molecule has 0 saturated carbocycles. The van der Waals surface area contributed by atoms with Crippen LogP contribution in [0.1, 0.15) is 0 Å². The van der Waals surface area contributed by atoms with E-state index in [1.54, 1.807) is 0 Å². The normalized spacial score (nSPS) is 16.7. The summed E-state index contributed by atoms with van der Waals surface area (Å²) >= 11 is 1.88. The lowest BCUT2D eigenvalue weighted by atomic mass is 10.9. The molecular weight excluding hydrogens is 207 g/mol. The highest BCUT2D eigenvalue weighted by atomic mass is 127. The molecule has 42 valence electrons. The summed E-state index contributed by atoms with van der Waals surface area (Å²) in [5, 5.41) is 10.2. The second-order valence-corrected chi connectivity index (χ2v) is 2.23. The van der Waals surface area contributed by atoms with E-state index >= 15 is 0 Å². The highest BCUT2D eigenvalue weighted by Crippen LogP contribution is 1.88. The minimum absolute atomic E-state index is 0.0168. The van der Waals surface area contributed by atoms with Gasteiger partial charge >= 0.3 is 0 Å². The van der Waals surface area contributed by atoms with Crippen molar-refractivity contribution in [1.29, 1.82) is 0 Å². The summed E-state index contributed by atoms with van der Waals surface area (Å²) < 4.78 is 0.581. The minimum Gasteiger partial charge on any atom is -0.629 e. The number of halogens is 1. The maximum absolute atomic E-state index is 10.2. The molecule has 0 radical (unpaired) electrons. The lowest BCUT2D eigenvalue weighted by molar-refractivity contribution is -0.770. The van der Waals surface area contributed by atoms with Gasteiger partial charge in [0, 0.05) is 22.6 Å². The van der Waals surface area contributed by atoms with Gasteiger partial charge in [-0.05, 0) is 0 Å². The fourth-order valence-electron chi connectivity index (χ4n) is 0.117. The molecule has 0 aromatic heterocycles. The highest BCUT2D eigenvalue weighted by molar-refractivity contribution is 14.1. The molecule has 1 unspecified atom stereocenters. The second-order valence-electron chi connectivity index (χ2n) is 1.07. The van der Waals surface area contributed by atoms with Crippen molar-refractivity contribution in [3.63, 3.8) is 0 Å². The van der Waals surface area contributed by atoms with Crippen molar-refractivity contribution < 1.29 is 5.06 Å². The predicted octanol–water partition coefficient (Wildman–Crippen LogP) is -0.808. The molecule has 4 heteroatoms. The first-order valence-electron chi connectivity index (χ1n) is 1.77. The Hall–Kier alpha value is 0.190. The Labute approximate surface area is 55.9 Å². The van der Waals surface area contributed by atoms with E-state index < -0.39 is 0 Å². The first-order valence-corrected chi connectivity index (χ1v) is 2.84. The smallest absolute Gasteiger partial charge is 0.182 e. The fraction of sp³-hybridized carbons (Fsp3) is 0.333. The lowest BCUT2D eigenvalue weighted by Gasteiger charge is -2.12. The monoisotopic (exact) mass is 214 g/mol. The van der Waals surface area contributed by atoms with Crippen LogP contribution in [-0.2, 0) is 0 Å². The first kappa shape index (κ1) is 7.19. The van der Waals surface area contributed by atoms with Gasteiger partial charge in [-0.15, -0.1) is 0 Å². The van der Waals surface area contributed by atoms with E-state index in [9.17, 15) is 5.21 Å². The quantitative estimate of drug-likeness (QED) is 0.341. The van der Waals surface area contributed by atoms with Crippen molar-refractivity contribution in [1.82, 2.24) is 0 Å². The molecule has 0 aliphatic rings. The van der Waals surface area contributed by atoms with Gasteiger partial charge in [-0.25, -0.2) is 0 Å². The van der Waals surface area contributed by atoms with Crippen molar-refractivity contribution >= 4 is 22.6 Å². The van der Waals surface area contributed by atoms with E-state index in [1.807, 2.05) is 22.6 Å². The average Bonchev–Trinajstić information content (AvgIpc) is 1.65. The summed E-state index contributed by atoms with van der Waals surface area (Å²) in [6, 6.07) is 0. The third-order valence-electron chi connectivity index (χ3n) is 0.483. The number of hydrogen-bond donors (Lipinski definition) is 2. The zero-order valence-corrected chi connectivity index (χ0v) is 6.10. The van der Waals surface area contributed by atoms with Crippen LogP contribution in [0.25, 0.3) is 0 Å². The Bertz CT molecular complexity index is 81.0. The van der Waals surface area contributed by atoms with Gasteiger partial charge in [0.05, 0.1) is 13.2 Å². The van der Waals surface area contributed by atoms with E-state index in [2.05, 4.69) is 0 Å². The molecule has 0 fully saturated rings. The molecule has 1 atom stereocenters. The van der Waals surface area contributed by atoms with Gasteiger partial charge in [-0.1, -0.05) is 0 Å². The minimum atomic E-state index is 0.0168. The van der Waals surface area contributed by atoms with E-state index in [0.717, 1.165) is 0 Å². The van der Waals surface area contributed by atoms with Crippen molar-refractivity contribution in [2.24, 2.45) is 5.73 Å². The molecule has 0 rings (SSSR count). The van der Waals surface area contributed by atoms with Crippen LogP contribution in [0.2, 0.25) is 0 Å². The Kier molecular flexibility index (Phi) is 3.31. The Morgan fingerprint density at radius 3 is 2.43 bits per heavy atom. The van der Waals surface area contributed by atoms with Gasteiger partial charge in [-0.3, -0.25) is 0 Å². The zero-order valence-electron chi connectivity index (χ0n) is 3.94. The molecule has 0 aliphatic heterocycles. The molecule has 3 N–H and O–H groups in total. The average molecular weight is 214 g/mol. The molecule has 0 amide bonds. The SMILES string of the molecule is C[NH+]([O-])/C(I)=C/N. The van der Waals surface area contributed by atoms with Gasteiger partial charge < -0.3 is 16.0 Å². The third-order valence-corrected chi connectivity index (χ3v) is 1.60. The number of nitrogens with two attached hydrogens (primary N) is 1. The van der Waals surface area contributed by atoms with Crippen molar-refractivity contribution in [3.05, 3.63) is 15.1 Å². The number of rotatable bonds is 1. The van der Waals surface area contributed by atoms with Gasteiger partial charge in [0.1, 0.15) is 0 Å². The molecule has 0 aromatic rings. The summed E-state index contributed by atoms with van der Waals surface area (Å²) in [5.41, 5.74) is 4.98. The zero-order chi connectivity index (χ0) is 5.86. The largest absolute Gasteiger partial charge is 0.629 e. The van der Waals surface area contributed by atoms with Crippen LogP contribution in [0.5, 0.6) is 0 Å². The topological polar surface area (TPSA) is 53.5 Å². The molecule has 0 bridgehead atoms. The summed E-state index contributed by atoms with van der Waals surface area (Å²) in [4.78, 5) is 0. The lowest BCUT2D eigenvalue weighted by Crippen LogP contribution is -3.00. The van der Waals surface area contributed by atoms with Crippen LogP contribution in [0, 0.1) is 5.21 Å². The van der Waals surface area contributed by atoms with E-state index in [0.29, 0.717) is 3.70 Å². The van der Waals surface area contributed by atoms with Crippen molar-refractivity contribution in [2.45, 2.75) is 0 Å². The van der Waals surface area contributed by atoms with Crippen LogP contribution in [0.4, 0.5) is 0 Å². The summed E-state index contributed by atoms with van der Waals surface area (Å²) in [6.45, 7) is 0. The Morgan fingerprint density at radius 1 is 2.00 bits per heavy atom. The molecule has 0 aliphatic carbocycles. The molecule has 7 heavy (non-hydrogen) atoms. The number of hydroxylamine groups is 2. The number of nitrogens with one attached hydrogen (secondary N) is 1. The summed E-state index contributed by atoms with van der Waals surface area (Å²) in [6.07, 6.45) is 1.29. The van der Waals surface area contributed by atoms with E-state index in [1.165, 1.54) is 13.2 Å². The number of quaternary nitrogens is 1. The van der Waals surface area contributed by atoms with Gasteiger partial charge in [0.15, 0.2) is 3.70 Å². The summed E-state index contributed by atoms with van der Waals surface area (Å²) in [5.74, 6) is 0. The van der Waals surface area contributed by atoms with Crippen LogP contribution >= 0.6 is 22.6 Å². The Morgan fingerprint density at radius 2 is 2.43 bits per heavy atom. The van der Waals surface area contributed by atoms with E-state index in [-0.39, 0.29) is 5.06 Å². The van der Waals surface area contributed by atoms with Crippen molar-refractivity contribution in [2.75, 3.05) is 7.05 Å². The van der Waals surface area contributed by atoms with Crippen LogP contribution in [0.15, 0.2) is 9.90 Å². The predicted molar refractivity (Wildman–Crippen MR) is 36.5 cm³/mol. The van der Waals surface area contributed by atoms with Crippen LogP contribution < -0.4 is 10.8 Å². The molecule has 0 heterocycles. The van der Waals surface area contributed by atoms with Crippen molar-refractivity contribution in [3.8, 4) is 0 Å². The maximum atomic E-state index is 10.2. The fourth-order valence-corrected chi connectivity index (χ4v) is 0.117.